The smallest absolute Gasteiger partial charge is 0.262 e. The molecule has 2 N–H and O–H groups in total. The van der Waals surface area contributed by atoms with E-state index in [1.165, 1.54) is 5.56 Å². The van der Waals surface area contributed by atoms with E-state index in [-0.39, 0.29) is 5.56 Å². The van der Waals surface area contributed by atoms with Crippen LogP contribution in [-0.2, 0) is 20.0 Å². The Bertz CT molecular complexity index is 904. The van der Waals surface area contributed by atoms with Crippen LogP contribution in [0.5, 0.6) is 0 Å². The van der Waals surface area contributed by atoms with E-state index < -0.39 is 0 Å². The molecule has 0 atom stereocenters. The highest BCUT2D eigenvalue weighted by atomic mass is 16.1. The maximum Gasteiger partial charge on any atom is 0.262 e. The van der Waals surface area contributed by atoms with Crippen LogP contribution in [-0.4, -0.2) is 36.5 Å². The molecule has 0 aromatic carbocycles. The average Bonchev–Trinajstić information content (AvgIpc) is 3.05. The van der Waals surface area contributed by atoms with Crippen LogP contribution in [0.4, 0.5) is 5.82 Å². The van der Waals surface area contributed by atoms with E-state index >= 15 is 0 Å². The molecule has 22 heavy (non-hydrogen) atoms. The molecule has 3 aromatic rings. The Balaban J connectivity index is 1.72. The van der Waals surface area contributed by atoms with Gasteiger partial charge in [-0.15, -0.1) is 0 Å². The topological polar surface area (TPSA) is 95.5 Å². The van der Waals surface area contributed by atoms with Crippen molar-refractivity contribution in [3.8, 4) is 0 Å². The molecule has 0 saturated carbocycles. The molecule has 1 aliphatic rings. The summed E-state index contributed by atoms with van der Waals surface area (Å²) in [6, 6.07) is 0. The summed E-state index contributed by atoms with van der Waals surface area (Å²) in [4.78, 5) is 21.7. The fourth-order valence-corrected chi connectivity index (χ4v) is 3.04. The zero-order chi connectivity index (χ0) is 15.3. The Kier molecular flexibility index (Phi) is 2.78. The summed E-state index contributed by atoms with van der Waals surface area (Å²) in [5.74, 6) is 1.60. The number of fused-ring (bicyclic) bond motifs is 2. The third kappa shape index (κ3) is 1.91. The summed E-state index contributed by atoms with van der Waals surface area (Å²) < 4.78 is 1.62. The maximum absolute atomic E-state index is 12.1. The van der Waals surface area contributed by atoms with E-state index in [9.17, 15) is 4.79 Å². The number of hydrogen-bond acceptors (Lipinski definition) is 5. The molecule has 4 heterocycles. The molecule has 3 aromatic heterocycles. The number of nitrogens with one attached hydrogen (secondary N) is 2. The number of rotatable bonds is 2. The summed E-state index contributed by atoms with van der Waals surface area (Å²) in [7, 11) is 1.79. The number of aromatic nitrogens is 6. The van der Waals surface area contributed by atoms with Gasteiger partial charge in [-0.3, -0.25) is 14.6 Å². The molecule has 0 spiro atoms. The van der Waals surface area contributed by atoms with Gasteiger partial charge in [0, 0.05) is 24.8 Å². The van der Waals surface area contributed by atoms with E-state index in [0.717, 1.165) is 30.9 Å². The second kappa shape index (κ2) is 4.69. The van der Waals surface area contributed by atoms with Gasteiger partial charge in [0.15, 0.2) is 11.5 Å². The molecular weight excluding hydrogens is 282 g/mol. The first kappa shape index (κ1) is 13.1. The van der Waals surface area contributed by atoms with Crippen LogP contribution in [0, 0.1) is 6.92 Å². The lowest BCUT2D eigenvalue weighted by Gasteiger charge is -2.27. The van der Waals surface area contributed by atoms with Crippen LogP contribution in [0.15, 0.2) is 11.0 Å². The zero-order valence-corrected chi connectivity index (χ0v) is 12.6. The molecule has 114 valence electrons. The Morgan fingerprint density at radius 1 is 1.41 bits per heavy atom. The van der Waals surface area contributed by atoms with Crippen LogP contribution in [0.1, 0.15) is 23.5 Å². The SMILES string of the molecule is Cc1[nH]nc2c1CCCN2Cc1nc2c(cnn2C)c(=O)[nH]1. The fraction of sp³-hybridized carbons (Fsp3) is 0.429. The van der Waals surface area contributed by atoms with Gasteiger partial charge in [0.2, 0.25) is 0 Å². The monoisotopic (exact) mass is 299 g/mol. The lowest BCUT2D eigenvalue weighted by atomic mass is 10.1. The van der Waals surface area contributed by atoms with Gasteiger partial charge in [-0.25, -0.2) is 4.98 Å². The zero-order valence-electron chi connectivity index (χ0n) is 12.6. The summed E-state index contributed by atoms with van der Waals surface area (Å²) in [5.41, 5.74) is 2.83. The maximum atomic E-state index is 12.1. The quantitative estimate of drug-likeness (QED) is 0.724. The molecular formula is C14H17N7O. The number of H-pyrrole nitrogens is 2. The Morgan fingerprint density at radius 2 is 2.27 bits per heavy atom. The molecule has 8 heteroatoms. The molecule has 0 amide bonds. The Labute approximate surface area is 126 Å². The van der Waals surface area contributed by atoms with Gasteiger partial charge in [-0.05, 0) is 19.8 Å². The minimum Gasteiger partial charge on any atom is -0.347 e. The highest BCUT2D eigenvalue weighted by Crippen LogP contribution is 2.27. The third-order valence-electron chi connectivity index (χ3n) is 4.20. The molecule has 0 saturated heterocycles. The number of aryl methyl sites for hydroxylation is 2. The normalized spacial score (nSPS) is 14.5. The number of aromatic amines is 2. The van der Waals surface area contributed by atoms with Crippen LogP contribution in [0.25, 0.3) is 11.0 Å². The predicted molar refractivity (Wildman–Crippen MR) is 81.8 cm³/mol. The lowest BCUT2D eigenvalue weighted by molar-refractivity contribution is 0.664. The van der Waals surface area contributed by atoms with Gasteiger partial charge in [0.05, 0.1) is 12.7 Å². The van der Waals surface area contributed by atoms with E-state index in [1.54, 1.807) is 17.9 Å². The number of anilines is 1. The first-order valence-electron chi connectivity index (χ1n) is 7.33. The van der Waals surface area contributed by atoms with Gasteiger partial charge in [0.25, 0.3) is 5.56 Å². The lowest BCUT2D eigenvalue weighted by Crippen LogP contribution is -2.30. The third-order valence-corrected chi connectivity index (χ3v) is 4.20. The second-order valence-electron chi connectivity index (χ2n) is 5.69. The number of nitrogens with zero attached hydrogens (tertiary/aromatic N) is 5. The van der Waals surface area contributed by atoms with Crippen molar-refractivity contribution in [2.24, 2.45) is 7.05 Å². The van der Waals surface area contributed by atoms with Gasteiger partial charge in [-0.1, -0.05) is 0 Å². The van der Waals surface area contributed by atoms with Crippen molar-refractivity contribution >= 4 is 16.9 Å². The minimum atomic E-state index is -0.149. The minimum absolute atomic E-state index is 0.149. The van der Waals surface area contributed by atoms with Crippen LogP contribution in [0.2, 0.25) is 0 Å². The van der Waals surface area contributed by atoms with Crippen LogP contribution < -0.4 is 10.5 Å². The first-order valence-corrected chi connectivity index (χ1v) is 7.33. The molecule has 0 fully saturated rings. The summed E-state index contributed by atoms with van der Waals surface area (Å²) in [5, 5.41) is 12.0. The molecule has 0 aliphatic carbocycles. The van der Waals surface area contributed by atoms with E-state index in [0.29, 0.717) is 23.4 Å². The Hall–Kier alpha value is -2.64. The average molecular weight is 299 g/mol. The van der Waals surface area contributed by atoms with Gasteiger partial charge < -0.3 is 9.88 Å². The Morgan fingerprint density at radius 3 is 3.14 bits per heavy atom. The highest BCUT2D eigenvalue weighted by molar-refractivity contribution is 5.72. The molecule has 1 aliphatic heterocycles. The van der Waals surface area contributed by atoms with E-state index in [2.05, 4.69) is 30.2 Å². The molecule has 0 bridgehead atoms. The van der Waals surface area contributed by atoms with Crippen molar-refractivity contribution < 1.29 is 0 Å². The summed E-state index contributed by atoms with van der Waals surface area (Å²) >= 11 is 0. The summed E-state index contributed by atoms with van der Waals surface area (Å²) in [6.07, 6.45) is 3.66. The second-order valence-corrected chi connectivity index (χ2v) is 5.69. The van der Waals surface area contributed by atoms with Crippen LogP contribution >= 0.6 is 0 Å². The molecule has 8 nitrogen and oxygen atoms in total. The van der Waals surface area contributed by atoms with E-state index in [1.807, 2.05) is 6.92 Å². The molecule has 4 rings (SSSR count). The first-order chi connectivity index (χ1) is 10.6. The standard InChI is InChI=1S/C14H17N7O/c1-8-9-4-3-5-21(13(9)19-18-8)7-11-16-12-10(14(22)17-11)6-15-20(12)2/h6H,3-5,7H2,1-2H3,(H,18,19)(H,16,17,22). The molecule has 0 radical (unpaired) electrons. The summed E-state index contributed by atoms with van der Waals surface area (Å²) in [6.45, 7) is 3.48. The van der Waals surface area contributed by atoms with Gasteiger partial charge in [-0.2, -0.15) is 10.2 Å². The fourth-order valence-electron chi connectivity index (χ4n) is 3.04. The van der Waals surface area contributed by atoms with Crippen LogP contribution in [0.3, 0.4) is 0 Å². The van der Waals surface area contributed by atoms with E-state index in [4.69, 9.17) is 0 Å². The van der Waals surface area contributed by atoms with Gasteiger partial charge >= 0.3 is 0 Å². The van der Waals surface area contributed by atoms with Crippen molar-refractivity contribution in [3.63, 3.8) is 0 Å². The van der Waals surface area contributed by atoms with Crippen molar-refractivity contribution in [3.05, 3.63) is 33.6 Å². The van der Waals surface area contributed by atoms with Crippen molar-refractivity contribution in [2.75, 3.05) is 11.4 Å². The largest absolute Gasteiger partial charge is 0.347 e. The predicted octanol–water partition coefficient (Wildman–Crippen LogP) is 0.641. The van der Waals surface area contributed by atoms with Crippen molar-refractivity contribution in [1.29, 1.82) is 0 Å². The van der Waals surface area contributed by atoms with Crippen molar-refractivity contribution in [1.82, 2.24) is 29.9 Å². The van der Waals surface area contributed by atoms with Crippen molar-refractivity contribution in [2.45, 2.75) is 26.3 Å². The van der Waals surface area contributed by atoms with Gasteiger partial charge in [0.1, 0.15) is 11.2 Å². The number of hydrogen-bond donors (Lipinski definition) is 2. The highest BCUT2D eigenvalue weighted by Gasteiger charge is 2.22. The molecule has 0 unspecified atom stereocenters.